The highest BCUT2D eigenvalue weighted by atomic mass is 16.5. The maximum atomic E-state index is 5.42. The van der Waals surface area contributed by atoms with Gasteiger partial charge in [-0.05, 0) is 25.0 Å². The van der Waals surface area contributed by atoms with Gasteiger partial charge in [0.2, 0.25) is 0 Å². The molecule has 1 aliphatic rings. The summed E-state index contributed by atoms with van der Waals surface area (Å²) in [7, 11) is 1.72. The molecule has 6 nitrogen and oxygen atoms in total. The molecular weight excluding hydrogens is 316 g/mol. The second-order valence-corrected chi connectivity index (χ2v) is 6.28. The van der Waals surface area contributed by atoms with Crippen molar-refractivity contribution in [2.75, 3.05) is 46.5 Å². The van der Waals surface area contributed by atoms with Crippen LogP contribution in [-0.4, -0.2) is 63.4 Å². The van der Waals surface area contributed by atoms with Crippen molar-refractivity contribution in [3.05, 3.63) is 35.4 Å². The Kier molecular flexibility index (Phi) is 8.72. The fraction of sp³-hybridized carbons (Fsp3) is 0.632. The van der Waals surface area contributed by atoms with Gasteiger partial charge in [0.25, 0.3) is 0 Å². The Morgan fingerprint density at radius 2 is 1.96 bits per heavy atom. The minimum atomic E-state index is 0.452. The Morgan fingerprint density at radius 3 is 2.64 bits per heavy atom. The smallest absolute Gasteiger partial charge is 0.191 e. The van der Waals surface area contributed by atoms with Crippen molar-refractivity contribution in [1.29, 1.82) is 0 Å². The molecule has 2 N–H and O–H groups in total. The van der Waals surface area contributed by atoms with Crippen LogP contribution in [0.1, 0.15) is 25.0 Å². The number of morpholine rings is 1. The summed E-state index contributed by atoms with van der Waals surface area (Å²) in [6.45, 7) is 11.0. The van der Waals surface area contributed by atoms with Gasteiger partial charge in [0, 0.05) is 39.3 Å². The average Bonchev–Trinajstić information content (AvgIpc) is 2.65. The first-order chi connectivity index (χ1) is 12.2. The van der Waals surface area contributed by atoms with Crippen LogP contribution in [0.5, 0.6) is 0 Å². The largest absolute Gasteiger partial charge is 0.380 e. The molecule has 0 saturated carbocycles. The highest BCUT2D eigenvalue weighted by molar-refractivity contribution is 5.79. The Morgan fingerprint density at radius 1 is 1.24 bits per heavy atom. The number of rotatable bonds is 8. The third-order valence-electron chi connectivity index (χ3n) is 4.40. The molecule has 0 bridgehead atoms. The molecule has 6 heteroatoms. The lowest BCUT2D eigenvalue weighted by Gasteiger charge is -2.32. The molecule has 0 amide bonds. The van der Waals surface area contributed by atoms with Gasteiger partial charge in [-0.25, -0.2) is 4.99 Å². The number of aliphatic imine (C=N–C) groups is 1. The van der Waals surface area contributed by atoms with Gasteiger partial charge in [0.1, 0.15) is 0 Å². The lowest BCUT2D eigenvalue weighted by molar-refractivity contribution is 0.0211. The van der Waals surface area contributed by atoms with E-state index in [0.29, 0.717) is 19.2 Å². The zero-order chi connectivity index (χ0) is 17.9. The molecule has 1 fully saturated rings. The highest BCUT2D eigenvalue weighted by Crippen LogP contribution is 2.11. The predicted molar refractivity (Wildman–Crippen MR) is 102 cm³/mol. The summed E-state index contributed by atoms with van der Waals surface area (Å²) in [5.41, 5.74) is 2.38. The standard InChI is InChI=1S/C19H32N4O2/c1-4-20-19(21-13-16(2)23-9-11-25-12-10-23)22-14-17-7-5-6-8-18(17)15-24-3/h5-8,16H,4,9-15H2,1-3H3,(H2,20,21,22)/t16-/m0/s1. The van der Waals surface area contributed by atoms with Crippen molar-refractivity contribution in [1.82, 2.24) is 15.5 Å². The Balaban J connectivity index is 1.91. The van der Waals surface area contributed by atoms with Crippen LogP contribution in [0, 0.1) is 0 Å². The average molecular weight is 348 g/mol. The number of nitrogens with one attached hydrogen (secondary N) is 2. The predicted octanol–water partition coefficient (Wildman–Crippen LogP) is 1.61. The molecule has 1 saturated heterocycles. The highest BCUT2D eigenvalue weighted by Gasteiger charge is 2.17. The molecule has 1 aromatic rings. The SMILES string of the molecule is CCNC(=NCc1ccccc1COC)NC[C@H](C)N1CCOCC1. The van der Waals surface area contributed by atoms with Gasteiger partial charge in [0.15, 0.2) is 5.96 Å². The van der Waals surface area contributed by atoms with Crippen LogP contribution in [0.15, 0.2) is 29.3 Å². The van der Waals surface area contributed by atoms with Gasteiger partial charge in [-0.1, -0.05) is 24.3 Å². The zero-order valence-electron chi connectivity index (χ0n) is 15.8. The van der Waals surface area contributed by atoms with E-state index in [2.05, 4.69) is 41.5 Å². The van der Waals surface area contributed by atoms with Crippen LogP contribution >= 0.6 is 0 Å². The molecule has 0 unspecified atom stereocenters. The number of hydrogen-bond donors (Lipinski definition) is 2. The van der Waals surface area contributed by atoms with Gasteiger partial charge >= 0.3 is 0 Å². The normalized spacial score (nSPS) is 17.3. The van der Waals surface area contributed by atoms with Crippen LogP contribution in [0.4, 0.5) is 0 Å². The van der Waals surface area contributed by atoms with Crippen LogP contribution in [0.3, 0.4) is 0 Å². The monoisotopic (exact) mass is 348 g/mol. The molecular formula is C19H32N4O2. The molecule has 0 spiro atoms. The number of nitrogens with zero attached hydrogens (tertiary/aromatic N) is 2. The van der Waals surface area contributed by atoms with Crippen molar-refractivity contribution in [3.8, 4) is 0 Å². The number of ether oxygens (including phenoxy) is 2. The van der Waals surface area contributed by atoms with E-state index in [0.717, 1.165) is 45.4 Å². The molecule has 1 heterocycles. The summed E-state index contributed by atoms with van der Waals surface area (Å²) in [5.74, 6) is 0.856. The summed E-state index contributed by atoms with van der Waals surface area (Å²) in [6, 6.07) is 8.74. The van der Waals surface area contributed by atoms with Crippen LogP contribution in [0.25, 0.3) is 0 Å². The Bertz CT molecular complexity index is 530. The van der Waals surface area contributed by atoms with E-state index in [1.165, 1.54) is 11.1 Å². The fourth-order valence-electron chi connectivity index (χ4n) is 2.91. The van der Waals surface area contributed by atoms with Crippen molar-refractivity contribution in [2.45, 2.75) is 33.0 Å². The van der Waals surface area contributed by atoms with Crippen LogP contribution < -0.4 is 10.6 Å². The van der Waals surface area contributed by atoms with Crippen molar-refractivity contribution in [2.24, 2.45) is 4.99 Å². The quantitative estimate of drug-likeness (QED) is 0.552. The third-order valence-corrected chi connectivity index (χ3v) is 4.40. The minimum Gasteiger partial charge on any atom is -0.380 e. The van der Waals surface area contributed by atoms with Gasteiger partial charge in [-0.3, -0.25) is 4.90 Å². The van der Waals surface area contributed by atoms with Gasteiger partial charge in [-0.15, -0.1) is 0 Å². The molecule has 25 heavy (non-hydrogen) atoms. The van der Waals surface area contributed by atoms with E-state index >= 15 is 0 Å². The number of hydrogen-bond acceptors (Lipinski definition) is 4. The minimum absolute atomic E-state index is 0.452. The van der Waals surface area contributed by atoms with Crippen molar-refractivity contribution < 1.29 is 9.47 Å². The molecule has 0 aromatic heterocycles. The lowest BCUT2D eigenvalue weighted by Crippen LogP contribution is -2.49. The van der Waals surface area contributed by atoms with E-state index in [4.69, 9.17) is 14.5 Å². The van der Waals surface area contributed by atoms with E-state index in [1.54, 1.807) is 7.11 Å². The molecule has 140 valence electrons. The van der Waals surface area contributed by atoms with Crippen molar-refractivity contribution >= 4 is 5.96 Å². The molecule has 1 atom stereocenters. The van der Waals surface area contributed by atoms with Gasteiger partial charge in [-0.2, -0.15) is 0 Å². The van der Waals surface area contributed by atoms with E-state index in [1.807, 2.05) is 12.1 Å². The maximum Gasteiger partial charge on any atom is 0.191 e. The third kappa shape index (κ3) is 6.65. The molecule has 1 aliphatic heterocycles. The second kappa shape index (κ2) is 11.1. The Hall–Kier alpha value is -1.63. The molecule has 0 radical (unpaired) electrons. The zero-order valence-corrected chi connectivity index (χ0v) is 15.8. The Labute approximate surface area is 151 Å². The topological polar surface area (TPSA) is 58.1 Å². The van der Waals surface area contributed by atoms with Crippen LogP contribution in [0.2, 0.25) is 0 Å². The summed E-state index contributed by atoms with van der Waals surface area (Å²) in [4.78, 5) is 7.19. The van der Waals surface area contributed by atoms with E-state index < -0.39 is 0 Å². The maximum absolute atomic E-state index is 5.42. The summed E-state index contributed by atoms with van der Waals surface area (Å²) in [5, 5.41) is 6.79. The number of guanidine groups is 1. The second-order valence-electron chi connectivity index (χ2n) is 6.28. The van der Waals surface area contributed by atoms with Gasteiger partial charge in [0.05, 0.1) is 26.4 Å². The first-order valence-corrected chi connectivity index (χ1v) is 9.14. The lowest BCUT2D eigenvalue weighted by atomic mass is 10.1. The summed E-state index contributed by atoms with van der Waals surface area (Å²) < 4.78 is 10.7. The van der Waals surface area contributed by atoms with Gasteiger partial charge < -0.3 is 20.1 Å². The van der Waals surface area contributed by atoms with E-state index in [9.17, 15) is 0 Å². The first kappa shape index (κ1) is 19.7. The summed E-state index contributed by atoms with van der Waals surface area (Å²) >= 11 is 0. The van der Waals surface area contributed by atoms with E-state index in [-0.39, 0.29) is 0 Å². The summed E-state index contributed by atoms with van der Waals surface area (Å²) in [6.07, 6.45) is 0. The number of benzene rings is 1. The van der Waals surface area contributed by atoms with Crippen molar-refractivity contribution in [3.63, 3.8) is 0 Å². The first-order valence-electron chi connectivity index (χ1n) is 9.14. The molecule has 1 aromatic carbocycles. The fourth-order valence-corrected chi connectivity index (χ4v) is 2.91. The molecule has 2 rings (SSSR count). The van der Waals surface area contributed by atoms with Crippen LogP contribution in [-0.2, 0) is 22.6 Å². The number of methoxy groups -OCH3 is 1. The molecule has 0 aliphatic carbocycles.